The largest absolute Gasteiger partial charge is 0.573 e. The van der Waals surface area contributed by atoms with Gasteiger partial charge in [0.1, 0.15) is 11.9 Å². The van der Waals surface area contributed by atoms with Crippen molar-refractivity contribution in [2.24, 2.45) is 0 Å². The molecule has 0 aliphatic rings. The summed E-state index contributed by atoms with van der Waals surface area (Å²) in [4.78, 5) is 0. The molecule has 1 aromatic carbocycles. The minimum Gasteiger partial charge on any atom is -0.406 e. The van der Waals surface area contributed by atoms with E-state index in [9.17, 15) is 23.4 Å². The van der Waals surface area contributed by atoms with E-state index in [1.807, 2.05) is 0 Å². The Labute approximate surface area is 115 Å². The Hall–Kier alpha value is -0.440. The summed E-state index contributed by atoms with van der Waals surface area (Å²) >= 11 is 6.79. The Morgan fingerprint density at radius 1 is 1.28 bits per heavy atom. The first-order chi connectivity index (χ1) is 8.23. The van der Waals surface area contributed by atoms with Gasteiger partial charge in [-0.05, 0) is 23.8 Å². The quantitative estimate of drug-likeness (QED) is 0.734. The second kappa shape index (κ2) is 6.14. The van der Waals surface area contributed by atoms with Crippen LogP contribution in [0.3, 0.4) is 0 Å². The molecule has 0 heterocycles. The molecule has 0 saturated heterocycles. The van der Waals surface area contributed by atoms with Crippen molar-refractivity contribution in [1.29, 1.82) is 0 Å². The molecule has 2 atom stereocenters. The zero-order valence-electron chi connectivity index (χ0n) is 8.86. The predicted molar refractivity (Wildman–Crippen MR) is 65.6 cm³/mol. The summed E-state index contributed by atoms with van der Waals surface area (Å²) < 4.78 is 40.2. The van der Waals surface area contributed by atoms with E-state index in [1.54, 1.807) is 0 Å². The first-order valence-electron chi connectivity index (χ1n) is 4.76. The fraction of sp³-hybridized carbons (Fsp3) is 0.400. The van der Waals surface area contributed by atoms with Crippen LogP contribution < -0.4 is 4.74 Å². The van der Waals surface area contributed by atoms with Crippen LogP contribution >= 0.6 is 28.6 Å². The number of hydrogen-bond donors (Lipinski definition) is 3. The highest BCUT2D eigenvalue weighted by Gasteiger charge is 2.31. The molecule has 0 amide bonds. The average Bonchev–Trinajstić information content (AvgIpc) is 2.23. The van der Waals surface area contributed by atoms with E-state index in [2.05, 4.69) is 33.3 Å². The Balaban J connectivity index is 3.01. The van der Waals surface area contributed by atoms with Crippen molar-refractivity contribution in [2.45, 2.75) is 18.6 Å². The molecule has 0 saturated carbocycles. The molecule has 0 radical (unpaired) electrons. The molecule has 1 aromatic rings. The summed E-state index contributed by atoms with van der Waals surface area (Å²) in [6.45, 7) is 0. The van der Waals surface area contributed by atoms with Gasteiger partial charge in [-0.25, -0.2) is 0 Å². The summed E-state index contributed by atoms with van der Waals surface area (Å²) in [6, 6.07) is 3.51. The maximum absolute atomic E-state index is 12.1. The predicted octanol–water partition coefficient (Wildman–Crippen LogP) is 2.67. The fourth-order valence-electron chi connectivity index (χ4n) is 1.27. The van der Waals surface area contributed by atoms with Gasteiger partial charge in [0.05, 0.1) is 6.10 Å². The molecule has 18 heavy (non-hydrogen) atoms. The fourth-order valence-corrected chi connectivity index (χ4v) is 1.96. The zero-order valence-corrected chi connectivity index (χ0v) is 11.3. The maximum Gasteiger partial charge on any atom is 0.573 e. The van der Waals surface area contributed by atoms with Crippen molar-refractivity contribution < 1.29 is 28.1 Å². The van der Waals surface area contributed by atoms with Gasteiger partial charge in [-0.2, -0.15) is 12.6 Å². The standard InChI is InChI=1S/C10H10BrF3O3S/c11-6-1-5(9(16)8(15)4-18)2-7(3-6)17-10(12,13)14/h1-3,8-9,15-16,18H,4H2. The zero-order chi connectivity index (χ0) is 13.9. The lowest BCUT2D eigenvalue weighted by Gasteiger charge is -2.18. The normalized spacial score (nSPS) is 15.3. The molecule has 0 bridgehead atoms. The number of aliphatic hydroxyl groups excluding tert-OH is 2. The third kappa shape index (κ3) is 4.68. The number of rotatable bonds is 4. The van der Waals surface area contributed by atoms with Gasteiger partial charge in [0, 0.05) is 10.2 Å². The average molecular weight is 347 g/mol. The van der Waals surface area contributed by atoms with Crippen LogP contribution in [0.5, 0.6) is 5.75 Å². The summed E-state index contributed by atoms with van der Waals surface area (Å²) in [5.41, 5.74) is 0.102. The molecule has 0 aromatic heterocycles. The highest BCUT2D eigenvalue weighted by Crippen LogP contribution is 2.30. The van der Waals surface area contributed by atoms with Crippen molar-refractivity contribution in [3.05, 3.63) is 28.2 Å². The van der Waals surface area contributed by atoms with Crippen LogP contribution in [-0.4, -0.2) is 28.4 Å². The molecular weight excluding hydrogens is 337 g/mol. The van der Waals surface area contributed by atoms with Gasteiger partial charge in [0.25, 0.3) is 0 Å². The Morgan fingerprint density at radius 2 is 1.89 bits per heavy atom. The van der Waals surface area contributed by atoms with E-state index in [-0.39, 0.29) is 11.3 Å². The maximum atomic E-state index is 12.1. The van der Waals surface area contributed by atoms with E-state index in [1.165, 1.54) is 6.07 Å². The minimum atomic E-state index is -4.81. The monoisotopic (exact) mass is 346 g/mol. The Kier molecular flexibility index (Phi) is 5.32. The molecule has 0 fully saturated rings. The van der Waals surface area contributed by atoms with Gasteiger partial charge >= 0.3 is 6.36 Å². The third-order valence-corrected chi connectivity index (χ3v) is 2.85. The molecule has 0 aliphatic carbocycles. The minimum absolute atomic E-state index is 0.0247. The lowest BCUT2D eigenvalue weighted by atomic mass is 10.1. The Morgan fingerprint density at radius 3 is 2.39 bits per heavy atom. The number of aliphatic hydroxyl groups is 2. The van der Waals surface area contributed by atoms with Crippen LogP contribution in [0.1, 0.15) is 11.7 Å². The van der Waals surface area contributed by atoms with Crippen LogP contribution in [0, 0.1) is 0 Å². The lowest BCUT2D eigenvalue weighted by Crippen LogP contribution is -2.21. The van der Waals surface area contributed by atoms with Gasteiger partial charge in [0.2, 0.25) is 0 Å². The van der Waals surface area contributed by atoms with Crippen molar-refractivity contribution in [2.75, 3.05) is 5.75 Å². The number of halogens is 4. The highest BCUT2D eigenvalue weighted by molar-refractivity contribution is 9.10. The second-order valence-electron chi connectivity index (χ2n) is 3.46. The van der Waals surface area contributed by atoms with Crippen LogP contribution in [-0.2, 0) is 0 Å². The van der Waals surface area contributed by atoms with Crippen molar-refractivity contribution in [1.82, 2.24) is 0 Å². The van der Waals surface area contributed by atoms with Crippen molar-refractivity contribution >= 4 is 28.6 Å². The second-order valence-corrected chi connectivity index (χ2v) is 4.74. The summed E-state index contributed by atoms with van der Waals surface area (Å²) in [5, 5.41) is 19.1. The van der Waals surface area contributed by atoms with E-state index in [4.69, 9.17) is 0 Å². The van der Waals surface area contributed by atoms with E-state index in [0.29, 0.717) is 4.47 Å². The SMILES string of the molecule is OC(CS)C(O)c1cc(Br)cc(OC(F)(F)F)c1. The highest BCUT2D eigenvalue weighted by atomic mass is 79.9. The van der Waals surface area contributed by atoms with Gasteiger partial charge in [-0.3, -0.25) is 0 Å². The number of benzene rings is 1. The van der Waals surface area contributed by atoms with Crippen LogP contribution in [0.15, 0.2) is 22.7 Å². The van der Waals surface area contributed by atoms with Crippen LogP contribution in [0.4, 0.5) is 13.2 Å². The third-order valence-electron chi connectivity index (χ3n) is 2.02. The molecular formula is C10H10BrF3O3S. The molecule has 0 spiro atoms. The number of hydrogen-bond acceptors (Lipinski definition) is 4. The molecule has 8 heteroatoms. The van der Waals surface area contributed by atoms with E-state index < -0.39 is 24.3 Å². The number of ether oxygens (including phenoxy) is 1. The molecule has 1 rings (SSSR count). The molecule has 3 nitrogen and oxygen atoms in total. The number of alkyl halides is 3. The molecule has 0 aliphatic heterocycles. The van der Waals surface area contributed by atoms with Crippen LogP contribution in [0.2, 0.25) is 0 Å². The summed E-state index contributed by atoms with van der Waals surface area (Å²) in [6.07, 6.45) is -7.33. The lowest BCUT2D eigenvalue weighted by molar-refractivity contribution is -0.274. The van der Waals surface area contributed by atoms with Gasteiger partial charge in [-0.1, -0.05) is 15.9 Å². The van der Waals surface area contributed by atoms with Gasteiger partial charge in [-0.15, -0.1) is 13.2 Å². The van der Waals surface area contributed by atoms with Crippen molar-refractivity contribution in [3.8, 4) is 5.75 Å². The van der Waals surface area contributed by atoms with E-state index in [0.717, 1.165) is 12.1 Å². The van der Waals surface area contributed by atoms with Crippen LogP contribution in [0.25, 0.3) is 0 Å². The summed E-state index contributed by atoms with van der Waals surface area (Å²) in [5.74, 6) is -0.499. The van der Waals surface area contributed by atoms with Gasteiger partial charge < -0.3 is 14.9 Å². The van der Waals surface area contributed by atoms with E-state index >= 15 is 0 Å². The van der Waals surface area contributed by atoms with Gasteiger partial charge in [0.15, 0.2) is 0 Å². The van der Waals surface area contributed by atoms with Crippen molar-refractivity contribution in [3.63, 3.8) is 0 Å². The first kappa shape index (κ1) is 15.6. The molecule has 2 unspecified atom stereocenters. The molecule has 102 valence electrons. The smallest absolute Gasteiger partial charge is 0.406 e. The topological polar surface area (TPSA) is 49.7 Å². The summed E-state index contributed by atoms with van der Waals surface area (Å²) in [7, 11) is 0. The Bertz CT molecular complexity index is 414. The first-order valence-corrected chi connectivity index (χ1v) is 6.18. The number of thiol groups is 1. The molecule has 2 N–H and O–H groups in total.